The predicted molar refractivity (Wildman–Crippen MR) is 103 cm³/mol. The zero-order valence-corrected chi connectivity index (χ0v) is 14.8. The summed E-state index contributed by atoms with van der Waals surface area (Å²) in [6, 6.07) is 15.8. The van der Waals surface area contributed by atoms with E-state index in [9.17, 15) is 0 Å². The lowest BCUT2D eigenvalue weighted by Gasteiger charge is -2.29. The van der Waals surface area contributed by atoms with Crippen molar-refractivity contribution >= 4 is 17.2 Å². The molecule has 24 heavy (non-hydrogen) atoms. The fraction of sp³-hybridized carbons (Fsp3) is 0.381. The van der Waals surface area contributed by atoms with E-state index in [1.807, 2.05) is 0 Å². The summed E-state index contributed by atoms with van der Waals surface area (Å²) in [5, 5.41) is 0. The fourth-order valence-electron chi connectivity index (χ4n) is 3.80. The lowest BCUT2D eigenvalue weighted by molar-refractivity contribution is 0.0684. The molecule has 0 radical (unpaired) electrons. The Hall–Kier alpha value is -1.71. The van der Waals surface area contributed by atoms with E-state index in [1.165, 1.54) is 40.7 Å². The highest BCUT2D eigenvalue weighted by atomic mass is 32.1. The average molecular weight is 337 g/mol. The first-order valence-corrected chi connectivity index (χ1v) is 9.28. The van der Waals surface area contributed by atoms with Crippen molar-refractivity contribution in [3.8, 4) is 11.1 Å². The van der Waals surface area contributed by atoms with Gasteiger partial charge in [0.15, 0.2) is 0 Å². The molecule has 0 amide bonds. The average Bonchev–Trinajstić information content (AvgIpc) is 2.81. The van der Waals surface area contributed by atoms with E-state index in [0.717, 1.165) is 44.1 Å². The molecular weight excluding hydrogens is 314 g/mol. The molecule has 1 heterocycles. The van der Waals surface area contributed by atoms with E-state index >= 15 is 0 Å². The predicted octanol–water partition coefficient (Wildman–Crippen LogP) is 4.04. The molecule has 0 atom stereocenters. The van der Waals surface area contributed by atoms with Crippen LogP contribution in [0.15, 0.2) is 42.5 Å². The Bertz CT molecular complexity index is 749. The fourth-order valence-corrected chi connectivity index (χ4v) is 4.15. The molecule has 2 aromatic carbocycles. The van der Waals surface area contributed by atoms with Gasteiger partial charge in [0, 0.05) is 19.5 Å². The van der Waals surface area contributed by atoms with Crippen LogP contribution in [0.2, 0.25) is 0 Å². The molecular formula is C21H23NOS. The summed E-state index contributed by atoms with van der Waals surface area (Å²) < 4.78 is 5.42. The number of ether oxygens (including phenoxy) is 1. The molecule has 0 unspecified atom stereocenters. The first-order chi connectivity index (χ1) is 11.8. The van der Waals surface area contributed by atoms with Crippen LogP contribution in [0, 0.1) is 0 Å². The van der Waals surface area contributed by atoms with Gasteiger partial charge >= 0.3 is 0 Å². The quantitative estimate of drug-likeness (QED) is 0.767. The molecule has 4 rings (SSSR count). The van der Waals surface area contributed by atoms with Gasteiger partial charge in [-0.25, -0.2) is 0 Å². The van der Waals surface area contributed by atoms with Crippen LogP contribution < -0.4 is 0 Å². The lowest BCUT2D eigenvalue weighted by Crippen LogP contribution is -2.40. The number of fused-ring (bicyclic) bond motifs is 3. The van der Waals surface area contributed by atoms with Crippen LogP contribution in [0.5, 0.6) is 0 Å². The van der Waals surface area contributed by atoms with Gasteiger partial charge in [-0.1, -0.05) is 54.7 Å². The highest BCUT2D eigenvalue weighted by Crippen LogP contribution is 2.33. The van der Waals surface area contributed by atoms with Gasteiger partial charge in [0.1, 0.15) is 0 Å². The second-order valence-electron chi connectivity index (χ2n) is 6.67. The summed E-state index contributed by atoms with van der Waals surface area (Å²) in [6.07, 6.45) is 4.42. The van der Waals surface area contributed by atoms with Gasteiger partial charge in [-0.15, -0.1) is 0 Å². The van der Waals surface area contributed by atoms with E-state index in [4.69, 9.17) is 17.0 Å². The summed E-state index contributed by atoms with van der Waals surface area (Å²) in [5.74, 6) is 0. The maximum absolute atomic E-state index is 5.67. The van der Waals surface area contributed by atoms with Crippen molar-refractivity contribution in [1.82, 2.24) is 4.90 Å². The van der Waals surface area contributed by atoms with Gasteiger partial charge < -0.3 is 9.64 Å². The minimum absolute atomic E-state index is 0.793. The van der Waals surface area contributed by atoms with Crippen LogP contribution >= 0.6 is 12.2 Å². The molecule has 0 saturated carbocycles. The Labute approximate surface area is 149 Å². The number of aryl methyl sites for hydroxylation is 2. The van der Waals surface area contributed by atoms with Crippen molar-refractivity contribution in [3.05, 3.63) is 59.2 Å². The van der Waals surface area contributed by atoms with Gasteiger partial charge in [0.05, 0.1) is 18.2 Å². The third-order valence-electron chi connectivity index (χ3n) is 5.09. The van der Waals surface area contributed by atoms with Crippen molar-refractivity contribution in [2.75, 3.05) is 26.3 Å². The van der Waals surface area contributed by atoms with Crippen molar-refractivity contribution < 1.29 is 4.74 Å². The minimum Gasteiger partial charge on any atom is -0.378 e. The van der Waals surface area contributed by atoms with Crippen LogP contribution in [0.3, 0.4) is 0 Å². The van der Waals surface area contributed by atoms with Crippen molar-refractivity contribution in [3.63, 3.8) is 0 Å². The number of rotatable bonds is 2. The molecule has 2 aromatic rings. The largest absolute Gasteiger partial charge is 0.378 e. The SMILES string of the molecule is S=C(Cc1ccc2c(c1)CCCc1ccccc1-2)N1CCOCC1. The van der Waals surface area contributed by atoms with Crippen molar-refractivity contribution in [2.24, 2.45) is 0 Å². The third kappa shape index (κ3) is 3.24. The molecule has 2 nitrogen and oxygen atoms in total. The monoisotopic (exact) mass is 337 g/mol. The molecule has 124 valence electrons. The standard InChI is InChI=1S/C21H23NOS/c24-21(22-10-12-23-13-11-22)15-16-8-9-20-18(14-16)6-3-5-17-4-1-2-7-19(17)20/h1-2,4,7-9,14H,3,5-6,10-13,15H2. The van der Waals surface area contributed by atoms with Gasteiger partial charge in [-0.05, 0) is 47.1 Å². The Morgan fingerprint density at radius 3 is 2.58 bits per heavy atom. The van der Waals surface area contributed by atoms with Crippen LogP contribution in [0.25, 0.3) is 11.1 Å². The topological polar surface area (TPSA) is 12.5 Å². The maximum Gasteiger partial charge on any atom is 0.0825 e. The second kappa shape index (κ2) is 7.04. The summed E-state index contributed by atoms with van der Waals surface area (Å²) >= 11 is 5.67. The molecule has 1 aliphatic heterocycles. The number of nitrogens with zero attached hydrogens (tertiary/aromatic N) is 1. The van der Waals surface area contributed by atoms with Gasteiger partial charge in [-0.3, -0.25) is 0 Å². The maximum atomic E-state index is 5.67. The summed E-state index contributed by atoms with van der Waals surface area (Å²) in [4.78, 5) is 3.34. The smallest absolute Gasteiger partial charge is 0.0825 e. The molecule has 1 fully saturated rings. The van der Waals surface area contributed by atoms with Crippen molar-refractivity contribution in [2.45, 2.75) is 25.7 Å². The molecule has 0 aromatic heterocycles. The molecule has 1 saturated heterocycles. The van der Waals surface area contributed by atoms with E-state index in [1.54, 1.807) is 0 Å². The number of benzene rings is 2. The summed E-state index contributed by atoms with van der Waals surface area (Å²) in [5.41, 5.74) is 7.11. The van der Waals surface area contributed by atoms with Crippen LogP contribution in [-0.2, 0) is 24.0 Å². The summed E-state index contributed by atoms with van der Waals surface area (Å²) in [6.45, 7) is 3.44. The normalized spacial score (nSPS) is 16.9. The van der Waals surface area contributed by atoms with Gasteiger partial charge in [-0.2, -0.15) is 0 Å². The highest BCUT2D eigenvalue weighted by Gasteiger charge is 2.17. The summed E-state index contributed by atoms with van der Waals surface area (Å²) in [7, 11) is 0. The molecule has 2 aliphatic rings. The zero-order valence-electron chi connectivity index (χ0n) is 14.0. The minimum atomic E-state index is 0.793. The highest BCUT2D eigenvalue weighted by molar-refractivity contribution is 7.80. The third-order valence-corrected chi connectivity index (χ3v) is 5.49. The number of hydrogen-bond acceptors (Lipinski definition) is 2. The van der Waals surface area contributed by atoms with Gasteiger partial charge in [0.25, 0.3) is 0 Å². The van der Waals surface area contributed by atoms with E-state index in [2.05, 4.69) is 47.4 Å². The van der Waals surface area contributed by atoms with Crippen molar-refractivity contribution in [1.29, 1.82) is 0 Å². The van der Waals surface area contributed by atoms with Gasteiger partial charge in [0.2, 0.25) is 0 Å². The van der Waals surface area contributed by atoms with Crippen LogP contribution in [0.4, 0.5) is 0 Å². The molecule has 0 bridgehead atoms. The lowest BCUT2D eigenvalue weighted by atomic mass is 9.94. The molecule has 3 heteroatoms. The Balaban J connectivity index is 1.58. The second-order valence-corrected chi connectivity index (χ2v) is 7.14. The first-order valence-electron chi connectivity index (χ1n) is 8.87. The zero-order chi connectivity index (χ0) is 16.4. The van der Waals surface area contributed by atoms with E-state index in [0.29, 0.717) is 0 Å². The van der Waals surface area contributed by atoms with E-state index < -0.39 is 0 Å². The number of hydrogen-bond donors (Lipinski definition) is 0. The van der Waals surface area contributed by atoms with Crippen LogP contribution in [0.1, 0.15) is 23.1 Å². The molecule has 1 aliphatic carbocycles. The Morgan fingerprint density at radius 2 is 1.71 bits per heavy atom. The number of morpholine rings is 1. The Morgan fingerprint density at radius 1 is 0.958 bits per heavy atom. The molecule has 0 N–H and O–H groups in total. The Kier molecular flexibility index (Phi) is 4.63. The van der Waals surface area contributed by atoms with E-state index in [-0.39, 0.29) is 0 Å². The van der Waals surface area contributed by atoms with Crippen LogP contribution in [-0.4, -0.2) is 36.2 Å². The first kappa shape index (κ1) is 15.8. The molecule has 0 spiro atoms. The number of thiocarbonyl (C=S) groups is 1.